The van der Waals surface area contributed by atoms with Crippen LogP contribution in [0.15, 0.2) is 24.3 Å². The Bertz CT molecular complexity index is 402. The van der Waals surface area contributed by atoms with Gasteiger partial charge in [0.2, 0.25) is 0 Å². The van der Waals surface area contributed by atoms with Gasteiger partial charge in [-0.15, -0.1) is 0 Å². The van der Waals surface area contributed by atoms with Gasteiger partial charge in [-0.25, -0.2) is 0 Å². The molecule has 1 aromatic rings. The van der Waals surface area contributed by atoms with E-state index in [0.29, 0.717) is 12.1 Å². The normalized spacial score (nSPS) is 20.5. The Morgan fingerprint density at radius 1 is 1.24 bits per heavy atom. The largest absolute Gasteiger partial charge is 0.377 e. The third kappa shape index (κ3) is 4.45. The second-order valence-corrected chi connectivity index (χ2v) is 5.78. The Morgan fingerprint density at radius 3 is 2.62 bits per heavy atom. The van der Waals surface area contributed by atoms with E-state index in [4.69, 9.17) is 4.74 Å². The minimum atomic E-state index is 0.397. The lowest BCUT2D eigenvalue weighted by Gasteiger charge is -2.34. The zero-order valence-electron chi connectivity index (χ0n) is 13.8. The highest BCUT2D eigenvalue weighted by molar-refractivity contribution is 5.48. The van der Waals surface area contributed by atoms with E-state index in [-0.39, 0.29) is 0 Å². The molecule has 1 N–H and O–H groups in total. The van der Waals surface area contributed by atoms with Gasteiger partial charge in [-0.3, -0.25) is 0 Å². The smallest absolute Gasteiger partial charge is 0.0750 e. The van der Waals surface area contributed by atoms with E-state index in [1.807, 2.05) is 0 Å². The summed E-state index contributed by atoms with van der Waals surface area (Å²) < 4.78 is 5.79. The first-order valence-corrected chi connectivity index (χ1v) is 8.48. The zero-order chi connectivity index (χ0) is 15.1. The minimum Gasteiger partial charge on any atom is -0.377 e. The molecule has 0 aliphatic carbocycles. The van der Waals surface area contributed by atoms with Gasteiger partial charge in [0.15, 0.2) is 0 Å². The summed E-state index contributed by atoms with van der Waals surface area (Å²) in [6.07, 6.45) is 3.94. The van der Waals surface area contributed by atoms with Gasteiger partial charge in [0, 0.05) is 31.4 Å². The van der Waals surface area contributed by atoms with Gasteiger partial charge in [-0.2, -0.15) is 0 Å². The van der Waals surface area contributed by atoms with Crippen LogP contribution in [0.1, 0.15) is 51.6 Å². The highest BCUT2D eigenvalue weighted by Gasteiger charge is 2.20. The molecule has 118 valence electrons. The van der Waals surface area contributed by atoms with Crippen LogP contribution >= 0.6 is 0 Å². The second kappa shape index (κ2) is 8.40. The molecule has 0 amide bonds. The number of benzene rings is 1. The summed E-state index contributed by atoms with van der Waals surface area (Å²) in [6, 6.07) is 9.56. The molecule has 0 spiro atoms. The van der Waals surface area contributed by atoms with Crippen LogP contribution in [0.3, 0.4) is 0 Å². The molecule has 2 atom stereocenters. The van der Waals surface area contributed by atoms with Crippen LogP contribution in [0.2, 0.25) is 0 Å². The molecule has 2 rings (SSSR count). The molecule has 0 saturated carbocycles. The minimum absolute atomic E-state index is 0.397. The average Bonchev–Trinajstić information content (AvgIpc) is 2.53. The number of hydrogen-bond donors (Lipinski definition) is 1. The fraction of sp³-hybridized carbons (Fsp3) is 0.667. The maximum absolute atomic E-state index is 5.79. The molecule has 1 saturated heterocycles. The summed E-state index contributed by atoms with van der Waals surface area (Å²) in [5, 5.41) is 3.54. The number of hydrogen-bond acceptors (Lipinski definition) is 3. The summed E-state index contributed by atoms with van der Waals surface area (Å²) in [7, 11) is 0. The maximum atomic E-state index is 5.79. The van der Waals surface area contributed by atoms with Crippen molar-refractivity contribution in [3.63, 3.8) is 0 Å². The van der Waals surface area contributed by atoms with Gasteiger partial charge >= 0.3 is 0 Å². The third-order valence-electron chi connectivity index (χ3n) is 4.30. The maximum Gasteiger partial charge on any atom is 0.0750 e. The van der Waals surface area contributed by atoms with E-state index in [2.05, 4.69) is 55.3 Å². The first kappa shape index (κ1) is 16.3. The summed E-state index contributed by atoms with van der Waals surface area (Å²) >= 11 is 0. The molecular weight excluding hydrogens is 260 g/mol. The topological polar surface area (TPSA) is 24.5 Å². The van der Waals surface area contributed by atoms with Crippen molar-refractivity contribution in [2.45, 2.75) is 52.2 Å². The number of ether oxygens (including phenoxy) is 1. The molecule has 0 aromatic heterocycles. The van der Waals surface area contributed by atoms with Crippen molar-refractivity contribution in [3.05, 3.63) is 29.8 Å². The second-order valence-electron chi connectivity index (χ2n) is 5.78. The SMILES string of the molecule is CCNC(CC)c1ccc(N2CCCC(OCC)C2)cc1. The summed E-state index contributed by atoms with van der Waals surface area (Å²) in [5.74, 6) is 0. The lowest BCUT2D eigenvalue weighted by atomic mass is 10.0. The van der Waals surface area contributed by atoms with Crippen LogP contribution in [-0.2, 0) is 4.74 Å². The Balaban J connectivity index is 2.01. The summed E-state index contributed by atoms with van der Waals surface area (Å²) in [6.45, 7) is 10.5. The Morgan fingerprint density at radius 2 is 2.00 bits per heavy atom. The number of rotatable bonds is 7. The highest BCUT2D eigenvalue weighted by atomic mass is 16.5. The van der Waals surface area contributed by atoms with E-state index >= 15 is 0 Å². The van der Waals surface area contributed by atoms with Crippen molar-refractivity contribution in [2.75, 3.05) is 31.1 Å². The number of nitrogens with one attached hydrogen (secondary N) is 1. The van der Waals surface area contributed by atoms with Gasteiger partial charge in [0.05, 0.1) is 6.10 Å². The van der Waals surface area contributed by atoms with E-state index in [0.717, 1.165) is 32.7 Å². The molecule has 1 fully saturated rings. The predicted octanol–water partition coefficient (Wildman–Crippen LogP) is 3.75. The quantitative estimate of drug-likeness (QED) is 0.827. The first-order valence-electron chi connectivity index (χ1n) is 8.48. The van der Waals surface area contributed by atoms with Crippen molar-refractivity contribution in [1.82, 2.24) is 5.32 Å². The van der Waals surface area contributed by atoms with Crippen LogP contribution in [0.25, 0.3) is 0 Å². The third-order valence-corrected chi connectivity index (χ3v) is 4.30. The van der Waals surface area contributed by atoms with Gasteiger partial charge in [-0.05, 0) is 50.4 Å². The predicted molar refractivity (Wildman–Crippen MR) is 90.0 cm³/mol. The zero-order valence-corrected chi connectivity index (χ0v) is 13.8. The van der Waals surface area contributed by atoms with E-state index in [9.17, 15) is 0 Å². The molecule has 1 aromatic carbocycles. The van der Waals surface area contributed by atoms with Crippen LogP contribution in [0, 0.1) is 0 Å². The molecule has 21 heavy (non-hydrogen) atoms. The molecule has 1 aliphatic heterocycles. The highest BCUT2D eigenvalue weighted by Crippen LogP contribution is 2.24. The molecule has 3 nitrogen and oxygen atoms in total. The molecule has 3 heteroatoms. The van der Waals surface area contributed by atoms with E-state index < -0.39 is 0 Å². The van der Waals surface area contributed by atoms with Gasteiger partial charge in [0.25, 0.3) is 0 Å². The van der Waals surface area contributed by atoms with Crippen molar-refractivity contribution in [1.29, 1.82) is 0 Å². The van der Waals surface area contributed by atoms with E-state index in [1.54, 1.807) is 0 Å². The molecule has 0 bridgehead atoms. The van der Waals surface area contributed by atoms with Crippen LogP contribution < -0.4 is 10.2 Å². The fourth-order valence-electron chi connectivity index (χ4n) is 3.21. The average molecular weight is 290 g/mol. The van der Waals surface area contributed by atoms with Crippen molar-refractivity contribution < 1.29 is 4.74 Å². The van der Waals surface area contributed by atoms with Crippen molar-refractivity contribution in [3.8, 4) is 0 Å². The number of anilines is 1. The van der Waals surface area contributed by atoms with Gasteiger partial charge in [0.1, 0.15) is 0 Å². The van der Waals surface area contributed by atoms with Crippen LogP contribution in [-0.4, -0.2) is 32.3 Å². The monoisotopic (exact) mass is 290 g/mol. The van der Waals surface area contributed by atoms with Crippen LogP contribution in [0.5, 0.6) is 0 Å². The number of nitrogens with zero attached hydrogens (tertiary/aromatic N) is 1. The van der Waals surface area contributed by atoms with E-state index in [1.165, 1.54) is 24.1 Å². The van der Waals surface area contributed by atoms with Gasteiger partial charge in [-0.1, -0.05) is 26.0 Å². The Labute approximate surface area is 129 Å². The lowest BCUT2D eigenvalue weighted by molar-refractivity contribution is 0.0527. The van der Waals surface area contributed by atoms with Crippen LogP contribution in [0.4, 0.5) is 5.69 Å². The number of piperidine rings is 1. The van der Waals surface area contributed by atoms with Crippen molar-refractivity contribution in [2.24, 2.45) is 0 Å². The molecule has 2 unspecified atom stereocenters. The Hall–Kier alpha value is -1.06. The molecule has 0 radical (unpaired) electrons. The first-order chi connectivity index (χ1) is 10.3. The molecule has 1 aliphatic rings. The standard InChI is InChI=1S/C18H30N2O/c1-4-18(19-5-2)15-9-11-16(12-10-15)20-13-7-8-17(14-20)21-6-3/h9-12,17-19H,4-8,13-14H2,1-3H3. The summed E-state index contributed by atoms with van der Waals surface area (Å²) in [5.41, 5.74) is 2.72. The van der Waals surface area contributed by atoms with Gasteiger partial charge < -0.3 is 15.0 Å². The lowest BCUT2D eigenvalue weighted by Crippen LogP contribution is -2.39. The summed E-state index contributed by atoms with van der Waals surface area (Å²) in [4.78, 5) is 2.46. The Kier molecular flexibility index (Phi) is 6.52. The molecule has 1 heterocycles. The molecular formula is C18H30N2O. The van der Waals surface area contributed by atoms with Crippen molar-refractivity contribution >= 4 is 5.69 Å². The fourth-order valence-corrected chi connectivity index (χ4v) is 3.21.